The van der Waals surface area contributed by atoms with Crippen molar-refractivity contribution in [3.05, 3.63) is 50.6 Å². The molecule has 0 saturated carbocycles. The van der Waals surface area contributed by atoms with Crippen LogP contribution in [0.25, 0.3) is 0 Å². The number of hydrogen-bond donors (Lipinski definition) is 1. The Hall–Kier alpha value is -1.27. The van der Waals surface area contributed by atoms with Crippen molar-refractivity contribution in [1.29, 1.82) is 0 Å². The van der Waals surface area contributed by atoms with Gasteiger partial charge in [0.1, 0.15) is 5.82 Å². The van der Waals surface area contributed by atoms with Crippen molar-refractivity contribution in [2.24, 2.45) is 0 Å². The van der Waals surface area contributed by atoms with Gasteiger partial charge in [-0.2, -0.15) is 0 Å². The number of nitrogens with one attached hydrogen (secondary N) is 1. The fraction of sp³-hybridized carbons (Fsp3) is 0.167. The van der Waals surface area contributed by atoms with Crippen LogP contribution in [-0.4, -0.2) is 17.4 Å². The predicted molar refractivity (Wildman–Crippen MR) is 72.3 cm³/mol. The number of nitrogens with zero attached hydrogens (tertiary/aromatic N) is 1. The summed E-state index contributed by atoms with van der Waals surface area (Å²) in [5.74, 6) is -0.937. The first-order valence-electron chi connectivity index (χ1n) is 5.27. The van der Waals surface area contributed by atoms with Crippen molar-refractivity contribution in [1.82, 2.24) is 10.3 Å². The smallest absolute Gasteiger partial charge is 0.254 e. The van der Waals surface area contributed by atoms with Gasteiger partial charge in [-0.25, -0.2) is 9.37 Å². The Morgan fingerprint density at radius 1 is 1.50 bits per heavy atom. The van der Waals surface area contributed by atoms with Crippen LogP contribution < -0.4 is 5.32 Å². The second-order valence-electron chi connectivity index (χ2n) is 3.61. The maximum atomic E-state index is 13.4. The fourth-order valence-electron chi connectivity index (χ4n) is 1.43. The molecular weight excluding hydrogens is 319 g/mol. The third-order valence-electron chi connectivity index (χ3n) is 2.32. The highest BCUT2D eigenvalue weighted by Crippen LogP contribution is 2.15. The molecular formula is C12H10BrFN2OS. The van der Waals surface area contributed by atoms with Crippen molar-refractivity contribution in [2.45, 2.75) is 6.42 Å². The standard InChI is InChI=1S/C12H10BrFN2OS/c13-8-1-2-11(14)10(5-8)12(17)15-4-3-9-6-18-7-16-9/h1-2,5-7H,3-4H2,(H,15,17). The predicted octanol–water partition coefficient (Wildman–Crippen LogP) is 3.02. The van der Waals surface area contributed by atoms with E-state index in [1.807, 2.05) is 5.38 Å². The summed E-state index contributed by atoms with van der Waals surface area (Å²) in [4.78, 5) is 15.9. The van der Waals surface area contributed by atoms with Crippen LogP contribution in [0.2, 0.25) is 0 Å². The van der Waals surface area contributed by atoms with Crippen LogP contribution in [0.15, 0.2) is 33.6 Å². The Labute approximate surface area is 116 Å². The minimum Gasteiger partial charge on any atom is -0.352 e. The first-order valence-corrected chi connectivity index (χ1v) is 7.00. The van der Waals surface area contributed by atoms with Crippen LogP contribution >= 0.6 is 27.3 Å². The lowest BCUT2D eigenvalue weighted by molar-refractivity contribution is 0.0950. The van der Waals surface area contributed by atoms with Gasteiger partial charge < -0.3 is 5.32 Å². The van der Waals surface area contributed by atoms with Crippen LogP contribution in [0, 0.1) is 5.82 Å². The lowest BCUT2D eigenvalue weighted by atomic mass is 10.2. The quantitative estimate of drug-likeness (QED) is 0.937. The lowest BCUT2D eigenvalue weighted by Crippen LogP contribution is -2.26. The molecule has 0 fully saturated rings. The molecule has 1 heterocycles. The van der Waals surface area contributed by atoms with E-state index in [-0.39, 0.29) is 5.56 Å². The van der Waals surface area contributed by atoms with Gasteiger partial charge in [0.15, 0.2) is 0 Å². The Bertz CT molecular complexity index is 545. The third kappa shape index (κ3) is 3.36. The Morgan fingerprint density at radius 2 is 2.33 bits per heavy atom. The van der Waals surface area contributed by atoms with Gasteiger partial charge in [-0.1, -0.05) is 15.9 Å². The van der Waals surface area contributed by atoms with Gasteiger partial charge in [0.2, 0.25) is 0 Å². The summed E-state index contributed by atoms with van der Waals surface area (Å²) in [5, 5.41) is 4.59. The zero-order chi connectivity index (χ0) is 13.0. The molecule has 18 heavy (non-hydrogen) atoms. The number of benzene rings is 1. The number of amides is 1. The van der Waals surface area contributed by atoms with Gasteiger partial charge in [-0.15, -0.1) is 11.3 Å². The first kappa shape index (κ1) is 13.2. The number of thiazole rings is 1. The van der Waals surface area contributed by atoms with E-state index >= 15 is 0 Å². The van der Waals surface area contributed by atoms with Gasteiger partial charge in [0.05, 0.1) is 16.8 Å². The molecule has 0 unspecified atom stereocenters. The zero-order valence-electron chi connectivity index (χ0n) is 9.32. The average Bonchev–Trinajstić information content (AvgIpc) is 2.85. The van der Waals surface area contributed by atoms with Crippen LogP contribution in [0.1, 0.15) is 16.1 Å². The van der Waals surface area contributed by atoms with E-state index in [0.717, 1.165) is 5.69 Å². The summed E-state index contributed by atoms with van der Waals surface area (Å²) in [7, 11) is 0. The molecule has 0 aliphatic heterocycles. The molecule has 1 aromatic heterocycles. The number of rotatable bonds is 4. The fourth-order valence-corrected chi connectivity index (χ4v) is 2.39. The Balaban J connectivity index is 1.93. The summed E-state index contributed by atoms with van der Waals surface area (Å²) in [6.07, 6.45) is 0.644. The molecule has 1 N–H and O–H groups in total. The van der Waals surface area contributed by atoms with Gasteiger partial charge in [-0.3, -0.25) is 4.79 Å². The van der Waals surface area contributed by atoms with Gasteiger partial charge in [0.25, 0.3) is 5.91 Å². The summed E-state index contributed by atoms with van der Waals surface area (Å²) in [6.45, 7) is 0.439. The lowest BCUT2D eigenvalue weighted by Gasteiger charge is -2.05. The first-order chi connectivity index (χ1) is 8.66. The van der Waals surface area contributed by atoms with E-state index in [1.54, 1.807) is 11.6 Å². The number of halogens is 2. The molecule has 6 heteroatoms. The molecule has 0 atom stereocenters. The van der Waals surface area contributed by atoms with Crippen LogP contribution in [-0.2, 0) is 6.42 Å². The summed E-state index contributed by atoms with van der Waals surface area (Å²) >= 11 is 4.72. The average molecular weight is 329 g/mol. The van der Waals surface area contributed by atoms with E-state index in [4.69, 9.17) is 0 Å². The molecule has 0 spiro atoms. The Kier molecular flexibility index (Phi) is 4.43. The van der Waals surface area contributed by atoms with Gasteiger partial charge >= 0.3 is 0 Å². The monoisotopic (exact) mass is 328 g/mol. The molecule has 1 amide bonds. The molecule has 0 saturated heterocycles. The maximum absolute atomic E-state index is 13.4. The highest BCUT2D eigenvalue weighted by molar-refractivity contribution is 9.10. The second-order valence-corrected chi connectivity index (χ2v) is 5.24. The van der Waals surface area contributed by atoms with Crippen molar-refractivity contribution in [2.75, 3.05) is 6.54 Å². The highest BCUT2D eigenvalue weighted by atomic mass is 79.9. The van der Waals surface area contributed by atoms with Crippen molar-refractivity contribution in [3.8, 4) is 0 Å². The molecule has 0 aliphatic rings. The molecule has 1 aromatic carbocycles. The summed E-state index contributed by atoms with van der Waals surface area (Å²) in [6, 6.07) is 4.29. The maximum Gasteiger partial charge on any atom is 0.254 e. The second kappa shape index (κ2) is 6.06. The van der Waals surface area contributed by atoms with Gasteiger partial charge in [0, 0.05) is 22.8 Å². The molecule has 3 nitrogen and oxygen atoms in total. The minimum atomic E-state index is -0.524. The number of aromatic nitrogens is 1. The molecule has 94 valence electrons. The molecule has 2 aromatic rings. The van der Waals surface area contributed by atoms with E-state index in [2.05, 4.69) is 26.2 Å². The van der Waals surface area contributed by atoms with Gasteiger partial charge in [-0.05, 0) is 18.2 Å². The highest BCUT2D eigenvalue weighted by Gasteiger charge is 2.11. The minimum absolute atomic E-state index is 0.0441. The Morgan fingerprint density at radius 3 is 3.06 bits per heavy atom. The topological polar surface area (TPSA) is 42.0 Å². The SMILES string of the molecule is O=C(NCCc1cscn1)c1cc(Br)ccc1F. The van der Waals surface area contributed by atoms with E-state index < -0.39 is 11.7 Å². The van der Waals surface area contributed by atoms with E-state index in [0.29, 0.717) is 17.4 Å². The number of carbonyl (C=O) groups is 1. The molecule has 0 radical (unpaired) electrons. The third-order valence-corrected chi connectivity index (χ3v) is 3.45. The largest absolute Gasteiger partial charge is 0.352 e. The van der Waals surface area contributed by atoms with E-state index in [9.17, 15) is 9.18 Å². The van der Waals surface area contributed by atoms with E-state index in [1.165, 1.54) is 23.5 Å². The normalized spacial score (nSPS) is 10.3. The van der Waals surface area contributed by atoms with Crippen LogP contribution in [0.5, 0.6) is 0 Å². The molecule has 0 bridgehead atoms. The summed E-state index contributed by atoms with van der Waals surface area (Å²) in [5.41, 5.74) is 2.71. The molecule has 2 rings (SSSR count). The van der Waals surface area contributed by atoms with Crippen LogP contribution in [0.3, 0.4) is 0 Å². The van der Waals surface area contributed by atoms with Crippen molar-refractivity contribution < 1.29 is 9.18 Å². The van der Waals surface area contributed by atoms with Crippen molar-refractivity contribution in [3.63, 3.8) is 0 Å². The molecule has 0 aliphatic carbocycles. The number of carbonyl (C=O) groups excluding carboxylic acids is 1. The zero-order valence-corrected chi connectivity index (χ0v) is 11.7. The number of hydrogen-bond acceptors (Lipinski definition) is 3. The van der Waals surface area contributed by atoms with Crippen molar-refractivity contribution >= 4 is 33.2 Å². The van der Waals surface area contributed by atoms with Crippen LogP contribution in [0.4, 0.5) is 4.39 Å². The summed E-state index contributed by atoms with van der Waals surface area (Å²) < 4.78 is 14.1.